The molecule has 0 saturated heterocycles. The third-order valence-corrected chi connectivity index (χ3v) is 2.65. The molecule has 1 heterocycles. The van der Waals surface area contributed by atoms with Gasteiger partial charge in [-0.3, -0.25) is 4.98 Å². The van der Waals surface area contributed by atoms with Crippen molar-refractivity contribution in [3.05, 3.63) is 30.1 Å². The third-order valence-electron chi connectivity index (χ3n) is 2.65. The van der Waals surface area contributed by atoms with Crippen LogP contribution in [0.15, 0.2) is 29.6 Å². The maximum atomic E-state index is 11.4. The van der Waals surface area contributed by atoms with Gasteiger partial charge in [-0.2, -0.15) is 10.1 Å². The van der Waals surface area contributed by atoms with Crippen LogP contribution in [-0.4, -0.2) is 32.4 Å². The Bertz CT molecular complexity index is 476. The molecule has 5 heteroatoms. The minimum atomic E-state index is -1.05. The molecular formula is C15H23N3O2. The van der Waals surface area contributed by atoms with Crippen LogP contribution in [0.1, 0.15) is 46.6 Å². The molecule has 0 atom stereocenters. The Morgan fingerprint density at radius 3 is 2.30 bits per heavy atom. The minimum absolute atomic E-state index is 0.387. The highest BCUT2D eigenvalue weighted by Crippen LogP contribution is 2.18. The molecule has 0 radical (unpaired) electrons. The summed E-state index contributed by atoms with van der Waals surface area (Å²) in [5, 5.41) is 14.8. The van der Waals surface area contributed by atoms with Gasteiger partial charge in [-0.25, -0.2) is 4.79 Å². The summed E-state index contributed by atoms with van der Waals surface area (Å²) in [5.74, 6) is 0.387. The number of hydrogen-bond acceptors (Lipinski definition) is 3. The van der Waals surface area contributed by atoms with Gasteiger partial charge in [-0.05, 0) is 45.2 Å². The molecule has 0 bridgehead atoms. The van der Waals surface area contributed by atoms with Gasteiger partial charge in [-0.1, -0.05) is 13.8 Å². The summed E-state index contributed by atoms with van der Waals surface area (Å²) in [6.45, 7) is 9.64. The molecule has 1 rings (SSSR count). The average molecular weight is 277 g/mol. The molecule has 1 aromatic heterocycles. The van der Waals surface area contributed by atoms with Crippen LogP contribution in [0.25, 0.3) is 0 Å². The lowest BCUT2D eigenvalue weighted by molar-refractivity contribution is 0.103. The summed E-state index contributed by atoms with van der Waals surface area (Å²) in [4.78, 5) is 15.4. The van der Waals surface area contributed by atoms with E-state index in [0.29, 0.717) is 12.3 Å². The topological polar surface area (TPSA) is 65.8 Å². The molecular weight excluding hydrogens is 254 g/mol. The van der Waals surface area contributed by atoms with Crippen molar-refractivity contribution in [1.82, 2.24) is 9.99 Å². The summed E-state index contributed by atoms with van der Waals surface area (Å²) in [6, 6.07) is 3.70. The fourth-order valence-electron chi connectivity index (χ4n) is 1.75. The van der Waals surface area contributed by atoms with E-state index in [1.165, 1.54) is 0 Å². The Hall–Kier alpha value is -1.91. The minimum Gasteiger partial charge on any atom is -0.464 e. The van der Waals surface area contributed by atoms with Gasteiger partial charge in [0.15, 0.2) is 0 Å². The van der Waals surface area contributed by atoms with E-state index in [1.54, 1.807) is 12.4 Å². The molecule has 0 aliphatic heterocycles. The van der Waals surface area contributed by atoms with E-state index >= 15 is 0 Å². The van der Waals surface area contributed by atoms with Gasteiger partial charge in [0.2, 0.25) is 0 Å². The smallest absolute Gasteiger partial charge is 0.428 e. The zero-order valence-corrected chi connectivity index (χ0v) is 12.8. The molecule has 110 valence electrons. The van der Waals surface area contributed by atoms with E-state index in [0.717, 1.165) is 16.3 Å². The second kappa shape index (κ2) is 6.50. The van der Waals surface area contributed by atoms with Crippen LogP contribution in [-0.2, 0) is 0 Å². The number of nitrogens with zero attached hydrogens (tertiary/aromatic N) is 3. The molecule has 0 unspecified atom stereocenters. The van der Waals surface area contributed by atoms with Crippen LogP contribution in [0, 0.1) is 5.92 Å². The zero-order valence-electron chi connectivity index (χ0n) is 12.8. The molecule has 0 aromatic carbocycles. The third kappa shape index (κ3) is 4.64. The number of pyridine rings is 1. The Morgan fingerprint density at radius 2 is 1.90 bits per heavy atom. The second-order valence-electron chi connectivity index (χ2n) is 6.15. The molecule has 1 N–H and O–H groups in total. The van der Waals surface area contributed by atoms with Crippen molar-refractivity contribution in [1.29, 1.82) is 0 Å². The monoisotopic (exact) mass is 277 g/mol. The molecule has 5 nitrogen and oxygen atoms in total. The summed E-state index contributed by atoms with van der Waals surface area (Å²) < 4.78 is 0. The predicted molar refractivity (Wildman–Crippen MR) is 79.8 cm³/mol. The standard InChI is InChI=1S/C15H23N3O2/c1-11(2)10-13(12-6-8-16-9-7-12)17-18(14(19)20)15(3,4)5/h6-9,11H,10H2,1-5H3,(H,19,20). The van der Waals surface area contributed by atoms with Crippen molar-refractivity contribution in [3.63, 3.8) is 0 Å². The number of amides is 1. The second-order valence-corrected chi connectivity index (χ2v) is 6.15. The van der Waals surface area contributed by atoms with Crippen LogP contribution < -0.4 is 0 Å². The van der Waals surface area contributed by atoms with Crippen molar-refractivity contribution in [2.24, 2.45) is 11.0 Å². The first-order valence-corrected chi connectivity index (χ1v) is 6.73. The van der Waals surface area contributed by atoms with Gasteiger partial charge in [0.05, 0.1) is 11.3 Å². The SMILES string of the molecule is CC(C)CC(=NN(C(=O)O)C(C)(C)C)c1ccncc1. The van der Waals surface area contributed by atoms with E-state index < -0.39 is 11.6 Å². The van der Waals surface area contributed by atoms with E-state index in [-0.39, 0.29) is 0 Å². The summed E-state index contributed by atoms with van der Waals surface area (Å²) in [5.41, 5.74) is 1.09. The number of hydrogen-bond donors (Lipinski definition) is 1. The average Bonchev–Trinajstić information content (AvgIpc) is 2.33. The predicted octanol–water partition coefficient (Wildman–Crippen LogP) is 3.61. The largest absolute Gasteiger partial charge is 0.464 e. The molecule has 1 aromatic rings. The highest BCUT2D eigenvalue weighted by atomic mass is 16.4. The summed E-state index contributed by atoms with van der Waals surface area (Å²) in [6.07, 6.45) is 3.04. The summed E-state index contributed by atoms with van der Waals surface area (Å²) >= 11 is 0. The van der Waals surface area contributed by atoms with Crippen molar-refractivity contribution in [3.8, 4) is 0 Å². The van der Waals surface area contributed by atoms with Crippen molar-refractivity contribution >= 4 is 11.8 Å². The molecule has 0 spiro atoms. The fraction of sp³-hybridized carbons (Fsp3) is 0.533. The Balaban J connectivity index is 3.22. The van der Waals surface area contributed by atoms with E-state index in [9.17, 15) is 9.90 Å². The lowest BCUT2D eigenvalue weighted by Crippen LogP contribution is -2.41. The van der Waals surface area contributed by atoms with Gasteiger partial charge < -0.3 is 5.11 Å². The Kier molecular flexibility index (Phi) is 5.25. The Morgan fingerprint density at radius 1 is 1.35 bits per heavy atom. The molecule has 0 saturated carbocycles. The number of hydrazone groups is 1. The number of rotatable bonds is 4. The maximum absolute atomic E-state index is 11.4. The lowest BCUT2D eigenvalue weighted by Gasteiger charge is -2.29. The number of aromatic nitrogens is 1. The van der Waals surface area contributed by atoms with Crippen molar-refractivity contribution < 1.29 is 9.90 Å². The van der Waals surface area contributed by atoms with Gasteiger partial charge in [0.25, 0.3) is 0 Å². The first-order valence-electron chi connectivity index (χ1n) is 6.73. The number of carboxylic acid groups (broad SMARTS) is 1. The molecule has 0 fully saturated rings. The Labute approximate surface area is 120 Å². The quantitative estimate of drug-likeness (QED) is 0.675. The van der Waals surface area contributed by atoms with Crippen LogP contribution in [0.4, 0.5) is 4.79 Å². The van der Waals surface area contributed by atoms with Crippen LogP contribution in [0.3, 0.4) is 0 Å². The van der Waals surface area contributed by atoms with E-state index in [4.69, 9.17) is 0 Å². The van der Waals surface area contributed by atoms with Gasteiger partial charge in [0.1, 0.15) is 0 Å². The maximum Gasteiger partial charge on any atom is 0.428 e. The van der Waals surface area contributed by atoms with Crippen molar-refractivity contribution in [2.45, 2.75) is 46.6 Å². The molecule has 0 aliphatic carbocycles. The first kappa shape index (κ1) is 16.1. The van der Waals surface area contributed by atoms with Gasteiger partial charge >= 0.3 is 6.09 Å². The summed E-state index contributed by atoms with van der Waals surface area (Å²) in [7, 11) is 0. The number of carbonyl (C=O) groups is 1. The van der Waals surface area contributed by atoms with Crippen molar-refractivity contribution in [2.75, 3.05) is 0 Å². The highest BCUT2D eigenvalue weighted by molar-refractivity contribution is 6.00. The molecule has 0 aliphatic rings. The van der Waals surface area contributed by atoms with E-state index in [2.05, 4.69) is 23.9 Å². The van der Waals surface area contributed by atoms with Crippen LogP contribution in [0.5, 0.6) is 0 Å². The van der Waals surface area contributed by atoms with E-state index in [1.807, 2.05) is 32.9 Å². The van der Waals surface area contributed by atoms with Crippen LogP contribution in [0.2, 0.25) is 0 Å². The normalized spacial score (nSPS) is 12.6. The fourth-order valence-corrected chi connectivity index (χ4v) is 1.75. The van der Waals surface area contributed by atoms with Gasteiger partial charge in [0, 0.05) is 18.0 Å². The van der Waals surface area contributed by atoms with Gasteiger partial charge in [-0.15, -0.1) is 0 Å². The molecule has 1 amide bonds. The molecule has 20 heavy (non-hydrogen) atoms. The highest BCUT2D eigenvalue weighted by Gasteiger charge is 2.27. The lowest BCUT2D eigenvalue weighted by atomic mass is 10.0. The van der Waals surface area contributed by atoms with Crippen LogP contribution >= 0.6 is 0 Å². The first-order chi connectivity index (χ1) is 9.21. The zero-order chi connectivity index (χ0) is 15.3.